The van der Waals surface area contributed by atoms with Crippen molar-refractivity contribution in [3.8, 4) is 0 Å². The van der Waals surface area contributed by atoms with Crippen LogP contribution in [0.1, 0.15) is 42.1 Å². The van der Waals surface area contributed by atoms with Gasteiger partial charge in [0.1, 0.15) is 0 Å². The fourth-order valence-electron chi connectivity index (χ4n) is 1.72. The van der Waals surface area contributed by atoms with Crippen molar-refractivity contribution in [1.29, 1.82) is 0 Å². The highest BCUT2D eigenvalue weighted by Gasteiger charge is 2.14. The van der Waals surface area contributed by atoms with Gasteiger partial charge in [-0.1, -0.05) is 0 Å². The summed E-state index contributed by atoms with van der Waals surface area (Å²) < 4.78 is 3.00. The highest BCUT2D eigenvalue weighted by molar-refractivity contribution is 9.11. The Hall–Kier alpha value is -0.650. The first-order chi connectivity index (χ1) is 8.47. The van der Waals surface area contributed by atoms with Crippen LogP contribution < -0.4 is 0 Å². The molecular formula is C13H17BrN2OS. The van der Waals surface area contributed by atoms with Gasteiger partial charge in [0.15, 0.2) is 0 Å². The first kappa shape index (κ1) is 13.8. The van der Waals surface area contributed by atoms with Gasteiger partial charge in [-0.05, 0) is 54.4 Å². The third-order valence-electron chi connectivity index (χ3n) is 2.80. The van der Waals surface area contributed by atoms with Crippen molar-refractivity contribution in [2.45, 2.75) is 39.3 Å². The molecule has 98 valence electrons. The number of halogens is 1. The number of hydrogen-bond acceptors (Lipinski definition) is 3. The first-order valence-electron chi connectivity index (χ1n) is 5.95. The molecule has 1 atom stereocenters. The van der Waals surface area contributed by atoms with Crippen LogP contribution in [-0.2, 0) is 6.42 Å². The van der Waals surface area contributed by atoms with Crippen LogP contribution in [0, 0.1) is 6.92 Å². The van der Waals surface area contributed by atoms with Crippen molar-refractivity contribution < 1.29 is 5.11 Å². The molecule has 0 aliphatic rings. The SMILES string of the molecule is Cc1cc(C(O)Cc2ccn(C(C)C)n2)sc1Br. The van der Waals surface area contributed by atoms with Crippen molar-refractivity contribution in [2.75, 3.05) is 0 Å². The maximum atomic E-state index is 10.2. The zero-order valence-corrected chi connectivity index (χ0v) is 13.1. The van der Waals surface area contributed by atoms with Gasteiger partial charge in [0.05, 0.1) is 15.6 Å². The predicted octanol–water partition coefficient (Wildman–Crippen LogP) is 3.87. The second kappa shape index (κ2) is 5.55. The van der Waals surface area contributed by atoms with E-state index in [0.29, 0.717) is 12.5 Å². The molecule has 0 fully saturated rings. The van der Waals surface area contributed by atoms with Crippen molar-refractivity contribution in [2.24, 2.45) is 0 Å². The van der Waals surface area contributed by atoms with Crippen LogP contribution >= 0.6 is 27.3 Å². The Labute approximate surface area is 120 Å². The first-order valence-corrected chi connectivity index (χ1v) is 7.56. The zero-order valence-electron chi connectivity index (χ0n) is 10.7. The molecular weight excluding hydrogens is 312 g/mol. The number of rotatable bonds is 4. The molecule has 2 heterocycles. The highest BCUT2D eigenvalue weighted by Crippen LogP contribution is 2.32. The maximum Gasteiger partial charge on any atom is 0.0938 e. The van der Waals surface area contributed by atoms with Gasteiger partial charge in [-0.2, -0.15) is 5.10 Å². The molecule has 0 saturated heterocycles. The van der Waals surface area contributed by atoms with E-state index in [2.05, 4.69) is 34.9 Å². The quantitative estimate of drug-likeness (QED) is 0.925. The molecule has 1 unspecified atom stereocenters. The molecule has 0 spiro atoms. The molecule has 1 N–H and O–H groups in total. The summed E-state index contributed by atoms with van der Waals surface area (Å²) in [5.74, 6) is 0. The van der Waals surface area contributed by atoms with Crippen LogP contribution in [0.4, 0.5) is 0 Å². The van der Waals surface area contributed by atoms with Crippen LogP contribution in [-0.4, -0.2) is 14.9 Å². The summed E-state index contributed by atoms with van der Waals surface area (Å²) in [5, 5.41) is 14.7. The molecule has 2 aromatic rings. The minimum Gasteiger partial charge on any atom is -0.387 e. The van der Waals surface area contributed by atoms with Crippen molar-refractivity contribution in [3.63, 3.8) is 0 Å². The summed E-state index contributed by atoms with van der Waals surface area (Å²) in [6.07, 6.45) is 2.05. The Morgan fingerprint density at radius 2 is 2.22 bits per heavy atom. The average molecular weight is 329 g/mol. The van der Waals surface area contributed by atoms with E-state index in [4.69, 9.17) is 0 Å². The third-order valence-corrected chi connectivity index (χ3v) is 5.04. The Morgan fingerprint density at radius 1 is 1.50 bits per heavy atom. The standard InChI is InChI=1S/C13H17BrN2OS/c1-8(2)16-5-4-10(15-16)7-11(17)12-6-9(3)13(14)18-12/h4-6,8,11,17H,7H2,1-3H3. The van der Waals surface area contributed by atoms with Gasteiger partial charge in [0, 0.05) is 23.5 Å². The normalized spacial score (nSPS) is 13.2. The van der Waals surface area contributed by atoms with Gasteiger partial charge in [0.2, 0.25) is 0 Å². The predicted molar refractivity (Wildman–Crippen MR) is 78.0 cm³/mol. The van der Waals surface area contributed by atoms with Gasteiger partial charge in [0.25, 0.3) is 0 Å². The summed E-state index contributed by atoms with van der Waals surface area (Å²) in [7, 11) is 0. The maximum absolute atomic E-state index is 10.2. The van der Waals surface area contributed by atoms with Crippen LogP contribution in [0.15, 0.2) is 22.1 Å². The Bertz CT molecular complexity index is 513. The molecule has 0 bridgehead atoms. The number of aryl methyl sites for hydroxylation is 1. The second-order valence-corrected chi connectivity index (χ2v) is 7.11. The van der Waals surface area contributed by atoms with E-state index in [1.165, 1.54) is 5.56 Å². The highest BCUT2D eigenvalue weighted by atomic mass is 79.9. The van der Waals surface area contributed by atoms with E-state index in [-0.39, 0.29) is 0 Å². The van der Waals surface area contributed by atoms with E-state index in [1.54, 1.807) is 11.3 Å². The molecule has 0 amide bonds. The summed E-state index contributed by atoms with van der Waals surface area (Å²) in [5.41, 5.74) is 2.10. The van der Waals surface area contributed by atoms with E-state index < -0.39 is 6.10 Å². The lowest BCUT2D eigenvalue weighted by atomic mass is 10.1. The van der Waals surface area contributed by atoms with E-state index in [9.17, 15) is 5.11 Å². The van der Waals surface area contributed by atoms with Gasteiger partial charge in [-0.15, -0.1) is 11.3 Å². The smallest absolute Gasteiger partial charge is 0.0938 e. The van der Waals surface area contributed by atoms with E-state index in [0.717, 1.165) is 14.4 Å². The molecule has 18 heavy (non-hydrogen) atoms. The van der Waals surface area contributed by atoms with E-state index >= 15 is 0 Å². The molecule has 0 aliphatic carbocycles. The minimum atomic E-state index is -0.476. The largest absolute Gasteiger partial charge is 0.387 e. The van der Waals surface area contributed by atoms with Crippen molar-refractivity contribution in [1.82, 2.24) is 9.78 Å². The zero-order chi connectivity index (χ0) is 13.3. The summed E-state index contributed by atoms with van der Waals surface area (Å²) in [6, 6.07) is 4.35. The second-order valence-electron chi connectivity index (χ2n) is 4.71. The summed E-state index contributed by atoms with van der Waals surface area (Å²) in [6.45, 7) is 6.21. The van der Waals surface area contributed by atoms with Gasteiger partial charge >= 0.3 is 0 Å². The average Bonchev–Trinajstić information content (AvgIpc) is 2.87. The number of aliphatic hydroxyl groups excluding tert-OH is 1. The lowest BCUT2D eigenvalue weighted by molar-refractivity contribution is 0.180. The number of thiophene rings is 1. The van der Waals surface area contributed by atoms with Crippen LogP contribution in [0.5, 0.6) is 0 Å². The topological polar surface area (TPSA) is 38.0 Å². The van der Waals surface area contributed by atoms with Gasteiger partial charge < -0.3 is 5.11 Å². The Balaban J connectivity index is 2.08. The number of hydrogen-bond donors (Lipinski definition) is 1. The minimum absolute atomic E-state index is 0.356. The van der Waals surface area contributed by atoms with Crippen LogP contribution in [0.2, 0.25) is 0 Å². The lowest BCUT2D eigenvalue weighted by Gasteiger charge is -2.07. The number of aliphatic hydroxyl groups is 1. The molecule has 2 rings (SSSR count). The third kappa shape index (κ3) is 3.02. The molecule has 0 aliphatic heterocycles. The summed E-state index contributed by atoms with van der Waals surface area (Å²) in [4.78, 5) is 0.985. The van der Waals surface area contributed by atoms with Gasteiger partial charge in [-0.3, -0.25) is 4.68 Å². The van der Waals surface area contributed by atoms with Crippen molar-refractivity contribution >= 4 is 27.3 Å². The fraction of sp³-hybridized carbons (Fsp3) is 0.462. The number of nitrogens with zero attached hydrogens (tertiary/aromatic N) is 2. The van der Waals surface area contributed by atoms with E-state index in [1.807, 2.05) is 29.9 Å². The molecule has 2 aromatic heterocycles. The van der Waals surface area contributed by atoms with Crippen LogP contribution in [0.3, 0.4) is 0 Å². The number of aromatic nitrogens is 2. The molecule has 0 radical (unpaired) electrons. The molecule has 3 nitrogen and oxygen atoms in total. The van der Waals surface area contributed by atoms with Crippen LogP contribution in [0.25, 0.3) is 0 Å². The lowest BCUT2D eigenvalue weighted by Crippen LogP contribution is -2.04. The molecule has 0 saturated carbocycles. The van der Waals surface area contributed by atoms with Gasteiger partial charge in [-0.25, -0.2) is 0 Å². The Morgan fingerprint density at radius 3 is 2.72 bits per heavy atom. The molecule has 0 aromatic carbocycles. The molecule has 5 heteroatoms. The van der Waals surface area contributed by atoms with Crippen molar-refractivity contribution in [3.05, 3.63) is 38.3 Å². The summed E-state index contributed by atoms with van der Waals surface area (Å²) >= 11 is 5.07. The monoisotopic (exact) mass is 328 g/mol. The Kier molecular flexibility index (Phi) is 4.25. The fourth-order valence-corrected chi connectivity index (χ4v) is 3.28.